The summed E-state index contributed by atoms with van der Waals surface area (Å²) in [6, 6.07) is 3.73. The Morgan fingerprint density at radius 3 is 2.83 bits per heavy atom. The summed E-state index contributed by atoms with van der Waals surface area (Å²) in [6.07, 6.45) is 5.32. The molecule has 150 valence electrons. The molecule has 0 radical (unpaired) electrons. The maximum Gasteiger partial charge on any atom is 0.259 e. The van der Waals surface area contributed by atoms with Crippen molar-refractivity contribution in [3.8, 4) is 11.3 Å². The summed E-state index contributed by atoms with van der Waals surface area (Å²) in [4.78, 5) is 17.5. The Hall–Kier alpha value is -3.49. The van der Waals surface area contributed by atoms with Gasteiger partial charge in [-0.2, -0.15) is 10.2 Å². The quantitative estimate of drug-likeness (QED) is 0.540. The van der Waals surface area contributed by atoms with Gasteiger partial charge in [0, 0.05) is 43.8 Å². The van der Waals surface area contributed by atoms with Crippen LogP contribution in [0.15, 0.2) is 35.2 Å². The SMILES string of the molecule is Cc1noc2nc(-c3cnn(C)c3)cc(C(=O)NCC(C)Cn3nccc3C)c12. The standard InChI is InChI=1S/C20H23N7O2/c1-12(10-27-13(2)5-6-22-27)8-21-19(28)16-7-17(15-9-23-26(4)11-15)24-20-18(16)14(3)25-29-20/h5-7,9,11-12H,8,10H2,1-4H3,(H,21,28). The molecule has 0 saturated carbocycles. The molecule has 4 rings (SSSR count). The Bertz CT molecular complexity index is 1170. The molecule has 0 aliphatic carbocycles. The summed E-state index contributed by atoms with van der Waals surface area (Å²) in [6.45, 7) is 7.15. The lowest BCUT2D eigenvalue weighted by Crippen LogP contribution is -2.30. The molecule has 0 bridgehead atoms. The van der Waals surface area contributed by atoms with Crippen molar-refractivity contribution in [2.75, 3.05) is 6.54 Å². The van der Waals surface area contributed by atoms with Crippen LogP contribution in [0.2, 0.25) is 0 Å². The maximum absolute atomic E-state index is 13.0. The van der Waals surface area contributed by atoms with E-state index in [0.29, 0.717) is 34.6 Å². The maximum atomic E-state index is 13.0. The van der Waals surface area contributed by atoms with E-state index in [2.05, 4.69) is 32.6 Å². The predicted molar refractivity (Wildman–Crippen MR) is 107 cm³/mol. The van der Waals surface area contributed by atoms with Crippen molar-refractivity contribution < 1.29 is 9.32 Å². The third-order valence-corrected chi connectivity index (χ3v) is 4.89. The second kappa shape index (κ2) is 7.50. The van der Waals surface area contributed by atoms with Crippen molar-refractivity contribution in [2.24, 2.45) is 13.0 Å². The number of nitrogens with one attached hydrogen (secondary N) is 1. The molecular weight excluding hydrogens is 370 g/mol. The Balaban J connectivity index is 1.57. The van der Waals surface area contributed by atoms with E-state index in [1.165, 1.54) is 0 Å². The lowest BCUT2D eigenvalue weighted by Gasteiger charge is -2.14. The molecule has 1 atom stereocenters. The van der Waals surface area contributed by atoms with Crippen LogP contribution in [0.1, 0.15) is 28.7 Å². The fraction of sp³-hybridized carbons (Fsp3) is 0.350. The highest BCUT2D eigenvalue weighted by Gasteiger charge is 2.20. The van der Waals surface area contributed by atoms with E-state index in [9.17, 15) is 4.79 Å². The summed E-state index contributed by atoms with van der Waals surface area (Å²) >= 11 is 0. The van der Waals surface area contributed by atoms with Crippen LogP contribution in [0, 0.1) is 19.8 Å². The van der Waals surface area contributed by atoms with Gasteiger partial charge in [0.25, 0.3) is 11.6 Å². The Morgan fingerprint density at radius 1 is 1.31 bits per heavy atom. The molecule has 0 aliphatic rings. The van der Waals surface area contributed by atoms with Gasteiger partial charge in [-0.1, -0.05) is 12.1 Å². The van der Waals surface area contributed by atoms with Gasteiger partial charge in [0.05, 0.1) is 28.5 Å². The summed E-state index contributed by atoms with van der Waals surface area (Å²) in [7, 11) is 1.83. The molecule has 0 aliphatic heterocycles. The molecule has 4 aromatic heterocycles. The van der Waals surface area contributed by atoms with Crippen molar-refractivity contribution in [3.05, 3.63) is 47.7 Å². The van der Waals surface area contributed by atoms with Crippen LogP contribution in [-0.4, -0.2) is 42.2 Å². The largest absolute Gasteiger partial charge is 0.352 e. The summed E-state index contributed by atoms with van der Waals surface area (Å²) < 4.78 is 8.96. The van der Waals surface area contributed by atoms with E-state index in [1.807, 2.05) is 30.9 Å². The van der Waals surface area contributed by atoms with Gasteiger partial charge in [-0.25, -0.2) is 4.98 Å². The van der Waals surface area contributed by atoms with Crippen molar-refractivity contribution in [1.82, 2.24) is 35.0 Å². The number of hydrogen-bond donors (Lipinski definition) is 1. The Morgan fingerprint density at radius 2 is 2.14 bits per heavy atom. The molecule has 4 aromatic rings. The molecule has 0 spiro atoms. The molecule has 1 N–H and O–H groups in total. The molecule has 0 fully saturated rings. The summed E-state index contributed by atoms with van der Waals surface area (Å²) in [5.74, 6) is 0.0362. The van der Waals surface area contributed by atoms with Gasteiger partial charge in [0.1, 0.15) is 0 Å². The van der Waals surface area contributed by atoms with Crippen LogP contribution in [-0.2, 0) is 13.6 Å². The normalized spacial score (nSPS) is 12.4. The summed E-state index contributed by atoms with van der Waals surface area (Å²) in [5, 5.41) is 16.1. The molecule has 1 unspecified atom stereocenters. The average molecular weight is 393 g/mol. The molecule has 4 heterocycles. The second-order valence-corrected chi connectivity index (χ2v) is 7.38. The second-order valence-electron chi connectivity index (χ2n) is 7.38. The van der Waals surface area contributed by atoms with Crippen LogP contribution in [0.25, 0.3) is 22.4 Å². The minimum absolute atomic E-state index is 0.183. The number of fused-ring (bicyclic) bond motifs is 1. The minimum atomic E-state index is -0.183. The van der Waals surface area contributed by atoms with Crippen LogP contribution in [0.5, 0.6) is 0 Å². The number of hydrogen-bond acceptors (Lipinski definition) is 6. The molecule has 0 saturated heterocycles. The van der Waals surface area contributed by atoms with Crippen molar-refractivity contribution >= 4 is 17.0 Å². The first-order valence-corrected chi connectivity index (χ1v) is 9.45. The van der Waals surface area contributed by atoms with Gasteiger partial charge in [0.15, 0.2) is 0 Å². The van der Waals surface area contributed by atoms with Crippen LogP contribution in [0.4, 0.5) is 0 Å². The predicted octanol–water partition coefficient (Wildman–Crippen LogP) is 2.50. The smallest absolute Gasteiger partial charge is 0.259 e. The van der Waals surface area contributed by atoms with Gasteiger partial charge in [-0.3, -0.25) is 14.2 Å². The number of aryl methyl sites for hydroxylation is 3. The van der Waals surface area contributed by atoms with Crippen molar-refractivity contribution in [2.45, 2.75) is 27.3 Å². The zero-order valence-electron chi connectivity index (χ0n) is 16.9. The number of pyridine rings is 1. The number of carbonyl (C=O) groups excluding carboxylic acids is 1. The fourth-order valence-electron chi connectivity index (χ4n) is 3.29. The topological polar surface area (TPSA) is 104 Å². The van der Waals surface area contributed by atoms with Crippen molar-refractivity contribution in [1.29, 1.82) is 0 Å². The number of nitrogens with zero attached hydrogens (tertiary/aromatic N) is 6. The number of rotatable bonds is 6. The lowest BCUT2D eigenvalue weighted by atomic mass is 10.1. The minimum Gasteiger partial charge on any atom is -0.352 e. The first-order valence-electron chi connectivity index (χ1n) is 9.45. The number of aromatic nitrogens is 6. The van der Waals surface area contributed by atoms with Gasteiger partial charge in [-0.05, 0) is 31.9 Å². The monoisotopic (exact) mass is 393 g/mol. The van der Waals surface area contributed by atoms with E-state index >= 15 is 0 Å². The fourth-order valence-corrected chi connectivity index (χ4v) is 3.29. The third-order valence-electron chi connectivity index (χ3n) is 4.89. The van der Waals surface area contributed by atoms with E-state index in [0.717, 1.165) is 17.8 Å². The molecule has 29 heavy (non-hydrogen) atoms. The van der Waals surface area contributed by atoms with E-state index < -0.39 is 0 Å². The van der Waals surface area contributed by atoms with Gasteiger partial charge in [-0.15, -0.1) is 0 Å². The zero-order chi connectivity index (χ0) is 20.5. The zero-order valence-corrected chi connectivity index (χ0v) is 16.9. The van der Waals surface area contributed by atoms with Crippen LogP contribution < -0.4 is 5.32 Å². The van der Waals surface area contributed by atoms with Gasteiger partial charge >= 0.3 is 0 Å². The van der Waals surface area contributed by atoms with E-state index in [4.69, 9.17) is 4.52 Å². The number of amides is 1. The first kappa shape index (κ1) is 18.9. The molecule has 0 aromatic carbocycles. The molecular formula is C20H23N7O2. The molecule has 9 heteroatoms. The highest BCUT2D eigenvalue weighted by molar-refractivity contribution is 6.06. The van der Waals surface area contributed by atoms with Crippen molar-refractivity contribution in [3.63, 3.8) is 0 Å². The highest BCUT2D eigenvalue weighted by Crippen LogP contribution is 2.26. The Labute approximate surface area is 167 Å². The summed E-state index contributed by atoms with van der Waals surface area (Å²) in [5.41, 5.74) is 3.99. The van der Waals surface area contributed by atoms with Gasteiger partial charge in [0.2, 0.25) is 0 Å². The lowest BCUT2D eigenvalue weighted by molar-refractivity contribution is 0.0948. The van der Waals surface area contributed by atoms with Crippen LogP contribution in [0.3, 0.4) is 0 Å². The van der Waals surface area contributed by atoms with Crippen LogP contribution >= 0.6 is 0 Å². The average Bonchev–Trinajstić information content (AvgIpc) is 3.41. The van der Waals surface area contributed by atoms with Gasteiger partial charge < -0.3 is 9.84 Å². The molecule has 9 nitrogen and oxygen atoms in total. The first-order chi connectivity index (χ1) is 13.9. The highest BCUT2D eigenvalue weighted by atomic mass is 16.5. The Kier molecular flexibility index (Phi) is 4.87. The molecule has 1 amide bonds. The third kappa shape index (κ3) is 3.75. The van der Waals surface area contributed by atoms with E-state index in [1.54, 1.807) is 30.1 Å². The van der Waals surface area contributed by atoms with E-state index in [-0.39, 0.29) is 11.8 Å². The number of carbonyl (C=O) groups is 1.